The number of benzene rings is 3. The maximum absolute atomic E-state index is 13.6. The van der Waals surface area contributed by atoms with Crippen molar-refractivity contribution in [2.75, 3.05) is 7.11 Å². The van der Waals surface area contributed by atoms with Crippen LogP contribution in [0, 0.1) is 5.82 Å². The first-order valence-electron chi connectivity index (χ1n) is 10.3. The van der Waals surface area contributed by atoms with E-state index in [0.29, 0.717) is 27.1 Å². The Labute approximate surface area is 196 Å². The standard InChI is InChI=1S/C26H18FNO5S/c1-32-19-8-4-5-9-20(19)34-24-22(29)21-23(33-26(24)31)17-6-2-3-7-18(17)28(25(21)30)14-15-10-12-16(27)13-11-15/h2-13,29H,14H2,1H3. The summed E-state index contributed by atoms with van der Waals surface area (Å²) in [5.74, 6) is -0.318. The molecule has 0 atom stereocenters. The van der Waals surface area contributed by atoms with Crippen molar-refractivity contribution < 1.29 is 18.7 Å². The van der Waals surface area contributed by atoms with Gasteiger partial charge in [-0.05, 0) is 42.0 Å². The zero-order chi connectivity index (χ0) is 23.8. The molecule has 0 spiro atoms. The molecular weight excluding hydrogens is 457 g/mol. The number of aromatic hydroxyl groups is 1. The lowest BCUT2D eigenvalue weighted by Crippen LogP contribution is -2.22. The molecule has 170 valence electrons. The largest absolute Gasteiger partial charge is 0.505 e. The molecule has 0 aliphatic carbocycles. The molecule has 2 aromatic heterocycles. The van der Waals surface area contributed by atoms with Gasteiger partial charge in [-0.1, -0.05) is 48.2 Å². The Morgan fingerprint density at radius 1 is 1.00 bits per heavy atom. The van der Waals surface area contributed by atoms with Crippen molar-refractivity contribution in [2.45, 2.75) is 16.3 Å². The molecule has 0 fully saturated rings. The van der Waals surface area contributed by atoms with Gasteiger partial charge in [-0.3, -0.25) is 4.79 Å². The number of halogens is 1. The fourth-order valence-corrected chi connectivity index (χ4v) is 4.82. The average molecular weight is 475 g/mol. The zero-order valence-corrected chi connectivity index (χ0v) is 18.8. The van der Waals surface area contributed by atoms with Gasteiger partial charge >= 0.3 is 5.63 Å². The minimum absolute atomic E-state index is 0.0165. The summed E-state index contributed by atoms with van der Waals surface area (Å²) in [6, 6.07) is 19.8. The monoisotopic (exact) mass is 475 g/mol. The van der Waals surface area contributed by atoms with Crippen molar-refractivity contribution in [3.63, 3.8) is 0 Å². The predicted octanol–water partition coefficient (Wildman–Crippen LogP) is 5.16. The second-order valence-corrected chi connectivity index (χ2v) is 8.61. The summed E-state index contributed by atoms with van der Waals surface area (Å²) in [5.41, 5.74) is -0.0452. The molecule has 5 aromatic rings. The highest BCUT2D eigenvalue weighted by molar-refractivity contribution is 7.99. The summed E-state index contributed by atoms with van der Waals surface area (Å²) < 4.78 is 25.8. The normalized spacial score (nSPS) is 11.2. The van der Waals surface area contributed by atoms with Crippen LogP contribution in [0.4, 0.5) is 4.39 Å². The number of hydrogen-bond donors (Lipinski definition) is 1. The van der Waals surface area contributed by atoms with Crippen LogP contribution in [0.2, 0.25) is 0 Å². The number of nitrogens with zero attached hydrogens (tertiary/aromatic N) is 1. The number of ether oxygens (including phenoxy) is 1. The molecule has 0 unspecified atom stereocenters. The minimum atomic E-state index is -0.762. The SMILES string of the molecule is COc1ccccc1Sc1c(O)c2c(=O)n(Cc3ccc(F)cc3)c3ccccc3c2oc1=O. The molecule has 0 aliphatic heterocycles. The lowest BCUT2D eigenvalue weighted by molar-refractivity contribution is 0.404. The molecule has 3 aromatic carbocycles. The Hall–Kier alpha value is -4.04. The van der Waals surface area contributed by atoms with E-state index in [-0.39, 0.29) is 28.2 Å². The summed E-state index contributed by atoms with van der Waals surface area (Å²) in [7, 11) is 1.50. The van der Waals surface area contributed by atoms with Crippen LogP contribution in [-0.4, -0.2) is 16.8 Å². The Kier molecular flexibility index (Phi) is 5.59. The molecule has 8 heteroatoms. The lowest BCUT2D eigenvalue weighted by atomic mass is 10.1. The van der Waals surface area contributed by atoms with Gasteiger partial charge in [-0.25, -0.2) is 9.18 Å². The number of rotatable bonds is 5. The van der Waals surface area contributed by atoms with E-state index < -0.39 is 16.9 Å². The summed E-state index contributed by atoms with van der Waals surface area (Å²) in [5, 5.41) is 11.5. The van der Waals surface area contributed by atoms with E-state index in [1.54, 1.807) is 60.7 Å². The number of aromatic nitrogens is 1. The molecule has 0 bridgehead atoms. The molecule has 0 saturated heterocycles. The van der Waals surface area contributed by atoms with Crippen LogP contribution in [0.1, 0.15) is 5.56 Å². The maximum atomic E-state index is 13.6. The van der Waals surface area contributed by atoms with Gasteiger partial charge in [0.2, 0.25) is 0 Å². The molecule has 5 rings (SSSR count). The lowest BCUT2D eigenvalue weighted by Gasteiger charge is -2.14. The van der Waals surface area contributed by atoms with Gasteiger partial charge in [0.25, 0.3) is 5.56 Å². The summed E-state index contributed by atoms with van der Waals surface area (Å²) in [6.07, 6.45) is 0. The number of hydrogen-bond acceptors (Lipinski definition) is 6. The van der Waals surface area contributed by atoms with Crippen molar-refractivity contribution >= 4 is 33.6 Å². The highest BCUT2D eigenvalue weighted by atomic mass is 32.2. The molecule has 6 nitrogen and oxygen atoms in total. The Morgan fingerprint density at radius 3 is 2.47 bits per heavy atom. The van der Waals surface area contributed by atoms with E-state index in [4.69, 9.17) is 9.15 Å². The van der Waals surface area contributed by atoms with Gasteiger partial charge in [-0.2, -0.15) is 0 Å². The molecule has 0 radical (unpaired) electrons. The van der Waals surface area contributed by atoms with Crippen molar-refractivity contribution in [1.82, 2.24) is 4.57 Å². The smallest absolute Gasteiger partial charge is 0.354 e. The van der Waals surface area contributed by atoms with Crippen LogP contribution in [0.15, 0.2) is 96.6 Å². The topological polar surface area (TPSA) is 81.7 Å². The van der Waals surface area contributed by atoms with Crippen molar-refractivity contribution in [2.24, 2.45) is 0 Å². The van der Waals surface area contributed by atoms with E-state index in [0.717, 1.165) is 11.8 Å². The van der Waals surface area contributed by atoms with Gasteiger partial charge in [0, 0.05) is 5.39 Å². The van der Waals surface area contributed by atoms with Crippen molar-refractivity contribution in [3.05, 3.63) is 105 Å². The fourth-order valence-electron chi connectivity index (χ4n) is 3.87. The first-order valence-corrected chi connectivity index (χ1v) is 11.2. The quantitative estimate of drug-likeness (QED) is 0.354. The van der Waals surface area contributed by atoms with Gasteiger partial charge in [0.1, 0.15) is 21.8 Å². The Morgan fingerprint density at radius 2 is 1.71 bits per heavy atom. The summed E-state index contributed by atoms with van der Waals surface area (Å²) >= 11 is 0.961. The average Bonchev–Trinajstić information content (AvgIpc) is 2.85. The second kappa shape index (κ2) is 8.72. The van der Waals surface area contributed by atoms with Crippen LogP contribution in [0.25, 0.3) is 21.9 Å². The van der Waals surface area contributed by atoms with Crippen LogP contribution in [0.5, 0.6) is 11.5 Å². The number of pyridine rings is 1. The molecule has 34 heavy (non-hydrogen) atoms. The van der Waals surface area contributed by atoms with E-state index >= 15 is 0 Å². The van der Waals surface area contributed by atoms with Crippen molar-refractivity contribution in [3.8, 4) is 11.5 Å². The van der Waals surface area contributed by atoms with E-state index in [1.807, 2.05) is 0 Å². The predicted molar refractivity (Wildman–Crippen MR) is 129 cm³/mol. The third kappa shape index (κ3) is 3.72. The molecule has 0 saturated carbocycles. The van der Waals surface area contributed by atoms with Crippen LogP contribution in [0.3, 0.4) is 0 Å². The van der Waals surface area contributed by atoms with Gasteiger partial charge in [0.15, 0.2) is 11.3 Å². The highest BCUT2D eigenvalue weighted by Gasteiger charge is 2.23. The Bertz CT molecular complexity index is 1660. The van der Waals surface area contributed by atoms with Gasteiger partial charge in [0.05, 0.1) is 24.1 Å². The second-order valence-electron chi connectivity index (χ2n) is 7.56. The number of fused-ring (bicyclic) bond motifs is 3. The zero-order valence-electron chi connectivity index (χ0n) is 17.9. The summed E-state index contributed by atoms with van der Waals surface area (Å²) in [4.78, 5) is 27.0. The molecule has 2 heterocycles. The summed E-state index contributed by atoms with van der Waals surface area (Å²) in [6.45, 7) is 0.142. The maximum Gasteiger partial charge on any atom is 0.354 e. The van der Waals surface area contributed by atoms with Crippen LogP contribution in [-0.2, 0) is 6.54 Å². The third-order valence-corrected chi connectivity index (χ3v) is 6.61. The molecule has 0 aliphatic rings. The van der Waals surface area contributed by atoms with Crippen LogP contribution >= 0.6 is 11.8 Å². The van der Waals surface area contributed by atoms with E-state index in [1.165, 1.54) is 23.8 Å². The molecular formula is C26H18FNO5S. The molecule has 0 amide bonds. The number of para-hydroxylation sites is 2. The van der Waals surface area contributed by atoms with Gasteiger partial charge < -0.3 is 18.8 Å². The highest BCUT2D eigenvalue weighted by Crippen LogP contribution is 2.40. The molecule has 1 N–H and O–H groups in total. The fraction of sp³-hybridized carbons (Fsp3) is 0.0769. The number of methoxy groups -OCH3 is 1. The van der Waals surface area contributed by atoms with Gasteiger partial charge in [-0.15, -0.1) is 0 Å². The van der Waals surface area contributed by atoms with E-state index in [2.05, 4.69) is 0 Å². The minimum Gasteiger partial charge on any atom is -0.505 e. The van der Waals surface area contributed by atoms with Crippen molar-refractivity contribution in [1.29, 1.82) is 0 Å². The van der Waals surface area contributed by atoms with Crippen LogP contribution < -0.4 is 15.9 Å². The first kappa shape index (κ1) is 21.8. The van der Waals surface area contributed by atoms with E-state index in [9.17, 15) is 19.1 Å². The Balaban J connectivity index is 1.77. The third-order valence-electron chi connectivity index (χ3n) is 5.49. The first-order chi connectivity index (χ1) is 16.5.